The third-order valence-electron chi connectivity index (χ3n) is 6.35. The zero-order valence-electron chi connectivity index (χ0n) is 16.5. The fraction of sp³-hybridized carbons (Fsp3) is 0.304. The highest BCUT2D eigenvalue weighted by Gasteiger charge is 2.79. The molecule has 2 bridgehead atoms. The molecule has 0 aromatic heterocycles. The summed E-state index contributed by atoms with van der Waals surface area (Å²) in [5, 5.41) is 39.7. The molecule has 8 nitrogen and oxygen atoms in total. The van der Waals surface area contributed by atoms with E-state index in [1.54, 1.807) is 49.4 Å². The zero-order valence-corrected chi connectivity index (χ0v) is 16.5. The zero-order chi connectivity index (χ0) is 21.9. The van der Waals surface area contributed by atoms with Crippen LogP contribution in [0.4, 0.5) is 0 Å². The van der Waals surface area contributed by atoms with Crippen molar-refractivity contribution >= 4 is 5.90 Å². The molecular formula is C23H16N4O4. The van der Waals surface area contributed by atoms with Crippen LogP contribution in [0, 0.1) is 50.2 Å². The third-order valence-corrected chi connectivity index (χ3v) is 6.35. The third kappa shape index (κ3) is 2.16. The number of nitriles is 3. The van der Waals surface area contributed by atoms with Gasteiger partial charge in [0.25, 0.3) is 0 Å². The Morgan fingerprint density at radius 1 is 0.935 bits per heavy atom. The summed E-state index contributed by atoms with van der Waals surface area (Å²) in [4.78, 5) is 0. The summed E-state index contributed by atoms with van der Waals surface area (Å²) in [6.45, 7) is 1.70. The van der Waals surface area contributed by atoms with Gasteiger partial charge in [-0.2, -0.15) is 15.8 Å². The van der Waals surface area contributed by atoms with Crippen LogP contribution in [-0.4, -0.2) is 18.5 Å². The molecule has 8 heteroatoms. The highest BCUT2D eigenvalue weighted by atomic mass is 16.7. The smallest absolute Gasteiger partial charge is 0.231 e. The van der Waals surface area contributed by atoms with Gasteiger partial charge in [-0.05, 0) is 23.3 Å². The number of hydrogen-bond donors (Lipinski definition) is 1. The molecule has 4 unspecified atom stereocenters. The summed E-state index contributed by atoms with van der Waals surface area (Å²) >= 11 is 0. The largest absolute Gasteiger partial charge is 0.454 e. The van der Waals surface area contributed by atoms with Gasteiger partial charge in [-0.25, -0.2) is 0 Å². The van der Waals surface area contributed by atoms with Gasteiger partial charge in [-0.3, -0.25) is 5.41 Å². The Morgan fingerprint density at radius 2 is 1.65 bits per heavy atom. The molecule has 2 aromatic carbocycles. The lowest BCUT2D eigenvalue weighted by Gasteiger charge is -2.48. The topological polar surface area (TPSA) is 132 Å². The number of fused-ring (bicyclic) bond motifs is 3. The molecule has 3 heterocycles. The molecule has 0 spiro atoms. The van der Waals surface area contributed by atoms with E-state index in [4.69, 9.17) is 24.4 Å². The number of nitrogens with zero attached hydrogens (tertiary/aromatic N) is 3. The van der Waals surface area contributed by atoms with Gasteiger partial charge in [-0.15, -0.1) is 0 Å². The van der Waals surface area contributed by atoms with E-state index in [1.807, 2.05) is 18.2 Å². The predicted octanol–water partition coefficient (Wildman–Crippen LogP) is 3.54. The monoisotopic (exact) mass is 412 g/mol. The lowest BCUT2D eigenvalue weighted by molar-refractivity contribution is -0.253. The van der Waals surface area contributed by atoms with Gasteiger partial charge < -0.3 is 18.9 Å². The van der Waals surface area contributed by atoms with Crippen LogP contribution in [0.3, 0.4) is 0 Å². The molecule has 5 rings (SSSR count). The summed E-state index contributed by atoms with van der Waals surface area (Å²) in [6, 6.07) is 20.2. The van der Waals surface area contributed by atoms with E-state index in [1.165, 1.54) is 0 Å². The molecule has 3 aliphatic rings. The quantitative estimate of drug-likeness (QED) is 0.798. The first-order valence-corrected chi connectivity index (χ1v) is 9.60. The summed E-state index contributed by atoms with van der Waals surface area (Å²) in [5.41, 5.74) is -2.83. The molecular weight excluding hydrogens is 396 g/mol. The minimum absolute atomic E-state index is 0.0651. The Balaban J connectivity index is 1.77. The van der Waals surface area contributed by atoms with Gasteiger partial charge in [0, 0.05) is 6.92 Å². The van der Waals surface area contributed by atoms with Crippen molar-refractivity contribution in [1.82, 2.24) is 0 Å². The van der Waals surface area contributed by atoms with Gasteiger partial charge >= 0.3 is 0 Å². The first-order chi connectivity index (χ1) is 15.0. The molecule has 0 radical (unpaired) electrons. The van der Waals surface area contributed by atoms with E-state index in [2.05, 4.69) is 6.07 Å². The van der Waals surface area contributed by atoms with Crippen LogP contribution in [0.1, 0.15) is 30.1 Å². The molecule has 1 N–H and O–H groups in total. The van der Waals surface area contributed by atoms with Crippen molar-refractivity contribution in [1.29, 1.82) is 21.2 Å². The fourth-order valence-corrected chi connectivity index (χ4v) is 5.01. The van der Waals surface area contributed by atoms with Crippen LogP contribution in [0.2, 0.25) is 0 Å². The number of rotatable bonds is 2. The van der Waals surface area contributed by atoms with Gasteiger partial charge in [0.05, 0.1) is 24.1 Å². The molecule has 3 aliphatic heterocycles. The van der Waals surface area contributed by atoms with Crippen LogP contribution in [-0.2, 0) is 9.47 Å². The Bertz CT molecular complexity index is 1210. The second-order valence-electron chi connectivity index (χ2n) is 7.85. The number of nitrogens with one attached hydrogen (secondary N) is 1. The maximum Gasteiger partial charge on any atom is 0.231 e. The van der Waals surface area contributed by atoms with Gasteiger partial charge in [0.15, 0.2) is 16.9 Å². The van der Waals surface area contributed by atoms with Crippen LogP contribution >= 0.6 is 0 Å². The van der Waals surface area contributed by atoms with Crippen molar-refractivity contribution in [2.75, 3.05) is 6.79 Å². The molecule has 152 valence electrons. The van der Waals surface area contributed by atoms with E-state index in [-0.39, 0.29) is 6.79 Å². The lowest BCUT2D eigenvalue weighted by atomic mass is 9.52. The molecule has 31 heavy (non-hydrogen) atoms. The Hall–Kier alpha value is -4.06. The van der Waals surface area contributed by atoms with Crippen LogP contribution < -0.4 is 9.47 Å². The minimum Gasteiger partial charge on any atom is -0.454 e. The average Bonchev–Trinajstić information content (AvgIpc) is 3.32. The maximum absolute atomic E-state index is 10.4. The first-order valence-electron chi connectivity index (χ1n) is 9.60. The molecule has 4 atom stereocenters. The van der Waals surface area contributed by atoms with Crippen LogP contribution in [0.15, 0.2) is 48.5 Å². The molecule has 2 fully saturated rings. The molecule has 0 amide bonds. The predicted molar refractivity (Wildman–Crippen MR) is 104 cm³/mol. The van der Waals surface area contributed by atoms with Crippen molar-refractivity contribution in [2.24, 2.45) is 10.8 Å². The number of ether oxygens (including phenoxy) is 4. The highest BCUT2D eigenvalue weighted by molar-refractivity contribution is 5.90. The van der Waals surface area contributed by atoms with Crippen molar-refractivity contribution in [2.45, 2.75) is 24.7 Å². The van der Waals surface area contributed by atoms with Crippen LogP contribution in [0.5, 0.6) is 11.5 Å². The van der Waals surface area contributed by atoms with Crippen molar-refractivity contribution in [3.63, 3.8) is 0 Å². The Kier molecular flexibility index (Phi) is 3.80. The fourth-order valence-electron chi connectivity index (χ4n) is 5.01. The highest BCUT2D eigenvalue weighted by Crippen LogP contribution is 2.69. The van der Waals surface area contributed by atoms with Crippen molar-refractivity contribution in [3.8, 4) is 29.7 Å². The van der Waals surface area contributed by atoms with Crippen molar-refractivity contribution in [3.05, 3.63) is 59.7 Å². The van der Waals surface area contributed by atoms with E-state index >= 15 is 0 Å². The second kappa shape index (κ2) is 6.22. The summed E-state index contributed by atoms with van der Waals surface area (Å²) in [7, 11) is 0. The Morgan fingerprint density at radius 3 is 2.32 bits per heavy atom. The Labute approximate surface area is 178 Å². The maximum atomic E-state index is 10.4. The van der Waals surface area contributed by atoms with E-state index < -0.39 is 34.5 Å². The molecule has 2 aromatic rings. The normalized spacial score (nSPS) is 31.7. The number of hydrogen-bond acceptors (Lipinski definition) is 8. The van der Waals surface area contributed by atoms with E-state index in [0.717, 1.165) is 0 Å². The summed E-state index contributed by atoms with van der Waals surface area (Å²) in [5.74, 6) is -1.75. The molecule has 0 saturated carbocycles. The minimum atomic E-state index is -2.05. The lowest BCUT2D eigenvalue weighted by Crippen LogP contribution is -2.57. The average molecular weight is 412 g/mol. The van der Waals surface area contributed by atoms with E-state index in [9.17, 15) is 15.8 Å². The van der Waals surface area contributed by atoms with Gasteiger partial charge in [0.1, 0.15) is 6.10 Å². The molecule has 2 saturated heterocycles. The van der Waals surface area contributed by atoms with Crippen LogP contribution in [0.25, 0.3) is 0 Å². The van der Waals surface area contributed by atoms with Crippen molar-refractivity contribution < 1.29 is 18.9 Å². The second-order valence-corrected chi connectivity index (χ2v) is 7.85. The standard InChI is InChI=1S/C23H16N4O4/c1-21-18(14-5-3-2-4-6-14)23(12-26,20(27)31-21)22(10-24,11-25)19(30-21)15-7-8-16-17(9-15)29-13-28-16/h2-9,18-19,27H,13H2,1H3. The summed E-state index contributed by atoms with van der Waals surface area (Å²) < 4.78 is 22.9. The summed E-state index contributed by atoms with van der Waals surface area (Å²) in [6.07, 6.45) is -1.16. The SMILES string of the molecule is CC12OC(=N)C(C#N)(C1c1ccccc1)C(C#N)(C#N)C(c1ccc3c(c1)OCO3)O2. The number of benzene rings is 2. The van der Waals surface area contributed by atoms with Gasteiger partial charge in [0.2, 0.25) is 23.9 Å². The first kappa shape index (κ1) is 18.9. The van der Waals surface area contributed by atoms with E-state index in [0.29, 0.717) is 22.6 Å². The molecule has 0 aliphatic carbocycles. The van der Waals surface area contributed by atoms with Gasteiger partial charge in [-0.1, -0.05) is 36.4 Å².